The molecule has 0 unspecified atom stereocenters. The Bertz CT molecular complexity index is 953. The first-order valence-electron chi connectivity index (χ1n) is 10.2. The second-order valence-corrected chi connectivity index (χ2v) is 7.66. The van der Waals surface area contributed by atoms with Crippen molar-refractivity contribution >= 4 is 28.8 Å². The number of benzene rings is 1. The number of aromatic nitrogens is 1. The third kappa shape index (κ3) is 10.3. The van der Waals surface area contributed by atoms with Crippen LogP contribution in [0.2, 0.25) is 0 Å². The van der Waals surface area contributed by atoms with E-state index in [1.807, 2.05) is 37.9 Å². The molecule has 0 radical (unpaired) electrons. The SMILES string of the molecule is C=C/C=C(\C=C/C)COC=O.CCCN(C)CC(=O)Nc1nc(-c2c(F)cccc2F)cs1. The fourth-order valence-corrected chi connectivity index (χ4v) is 3.42. The lowest BCUT2D eigenvalue weighted by Crippen LogP contribution is -2.30. The van der Waals surface area contributed by atoms with Crippen LogP contribution >= 0.6 is 11.3 Å². The topological polar surface area (TPSA) is 71.5 Å². The van der Waals surface area contributed by atoms with Gasteiger partial charge in [-0.05, 0) is 44.6 Å². The summed E-state index contributed by atoms with van der Waals surface area (Å²) in [5, 5.41) is 4.49. The predicted octanol–water partition coefficient (Wildman–Crippen LogP) is 5.22. The van der Waals surface area contributed by atoms with Crippen LogP contribution in [0.3, 0.4) is 0 Å². The van der Waals surface area contributed by atoms with Gasteiger partial charge in [0.1, 0.15) is 18.2 Å². The highest BCUT2D eigenvalue weighted by atomic mass is 32.1. The van der Waals surface area contributed by atoms with Crippen molar-refractivity contribution in [1.82, 2.24) is 9.88 Å². The van der Waals surface area contributed by atoms with E-state index in [1.54, 1.807) is 12.2 Å². The first-order chi connectivity index (χ1) is 15.9. The van der Waals surface area contributed by atoms with E-state index >= 15 is 0 Å². The molecule has 1 aromatic carbocycles. The number of ether oxygens (including phenoxy) is 1. The molecule has 1 aromatic heterocycles. The molecule has 1 N–H and O–H groups in total. The number of rotatable bonds is 11. The number of hydrogen-bond acceptors (Lipinski definition) is 6. The van der Waals surface area contributed by atoms with E-state index in [0.29, 0.717) is 18.2 Å². The minimum atomic E-state index is -0.675. The van der Waals surface area contributed by atoms with Crippen LogP contribution in [0.4, 0.5) is 13.9 Å². The molecule has 178 valence electrons. The van der Waals surface area contributed by atoms with Gasteiger partial charge in [-0.3, -0.25) is 14.5 Å². The summed E-state index contributed by atoms with van der Waals surface area (Å²) in [7, 11) is 1.85. The number of halogens is 2. The Labute approximate surface area is 197 Å². The molecule has 0 fully saturated rings. The summed E-state index contributed by atoms with van der Waals surface area (Å²) in [5.74, 6) is -1.55. The maximum absolute atomic E-state index is 13.7. The van der Waals surface area contributed by atoms with E-state index in [9.17, 15) is 18.4 Å². The van der Waals surface area contributed by atoms with Crippen molar-refractivity contribution < 1.29 is 23.1 Å². The highest BCUT2D eigenvalue weighted by Gasteiger charge is 2.15. The van der Waals surface area contributed by atoms with Crippen molar-refractivity contribution in [2.24, 2.45) is 0 Å². The van der Waals surface area contributed by atoms with Gasteiger partial charge in [0, 0.05) is 5.38 Å². The molecular formula is C24H29F2N3O3S. The van der Waals surface area contributed by atoms with Crippen molar-refractivity contribution in [3.05, 3.63) is 71.7 Å². The lowest BCUT2D eigenvalue weighted by Gasteiger charge is -2.13. The van der Waals surface area contributed by atoms with Crippen molar-refractivity contribution in [2.45, 2.75) is 20.3 Å². The Kier molecular flexibility index (Phi) is 13.2. The number of nitrogens with one attached hydrogen (secondary N) is 1. The number of amides is 1. The molecule has 1 amide bonds. The number of carbonyl (C=O) groups is 2. The van der Waals surface area contributed by atoms with E-state index in [-0.39, 0.29) is 23.7 Å². The van der Waals surface area contributed by atoms with Crippen molar-refractivity contribution in [1.29, 1.82) is 0 Å². The van der Waals surface area contributed by atoms with Gasteiger partial charge in [-0.2, -0.15) is 0 Å². The Morgan fingerprint density at radius 2 is 2.03 bits per heavy atom. The summed E-state index contributed by atoms with van der Waals surface area (Å²) in [5.41, 5.74) is 0.926. The van der Waals surface area contributed by atoms with E-state index in [1.165, 1.54) is 23.6 Å². The average Bonchev–Trinajstić information content (AvgIpc) is 3.20. The summed E-state index contributed by atoms with van der Waals surface area (Å²) in [4.78, 5) is 27.6. The molecular weight excluding hydrogens is 448 g/mol. The third-order valence-corrected chi connectivity index (χ3v) is 4.78. The molecule has 33 heavy (non-hydrogen) atoms. The highest BCUT2D eigenvalue weighted by Crippen LogP contribution is 2.29. The molecule has 0 atom stereocenters. The number of nitrogens with zero attached hydrogens (tertiary/aromatic N) is 2. The molecule has 2 aromatic rings. The zero-order chi connectivity index (χ0) is 24.6. The lowest BCUT2D eigenvalue weighted by molar-refractivity contribution is -0.127. The maximum Gasteiger partial charge on any atom is 0.293 e. The van der Waals surface area contributed by atoms with Crippen LogP contribution in [-0.4, -0.2) is 49.0 Å². The summed E-state index contributed by atoms with van der Waals surface area (Å²) in [6.45, 7) is 9.27. The molecule has 0 saturated carbocycles. The summed E-state index contributed by atoms with van der Waals surface area (Å²) < 4.78 is 31.9. The predicted molar refractivity (Wildman–Crippen MR) is 129 cm³/mol. The minimum absolute atomic E-state index is 0.178. The Morgan fingerprint density at radius 3 is 2.61 bits per heavy atom. The summed E-state index contributed by atoms with van der Waals surface area (Å²) >= 11 is 1.14. The van der Waals surface area contributed by atoms with Gasteiger partial charge in [0.25, 0.3) is 6.47 Å². The van der Waals surface area contributed by atoms with Gasteiger partial charge in [0.2, 0.25) is 5.91 Å². The molecule has 0 saturated heterocycles. The van der Waals surface area contributed by atoms with Gasteiger partial charge in [-0.15, -0.1) is 11.3 Å². The van der Waals surface area contributed by atoms with E-state index < -0.39 is 11.6 Å². The molecule has 0 spiro atoms. The highest BCUT2D eigenvalue weighted by molar-refractivity contribution is 7.14. The van der Waals surface area contributed by atoms with Crippen LogP contribution in [0.15, 0.2) is 60.0 Å². The van der Waals surface area contributed by atoms with Gasteiger partial charge in [0.05, 0.1) is 17.8 Å². The average molecular weight is 478 g/mol. The maximum atomic E-state index is 13.7. The molecule has 0 bridgehead atoms. The zero-order valence-corrected chi connectivity index (χ0v) is 19.8. The number of allylic oxidation sites excluding steroid dienone is 3. The van der Waals surface area contributed by atoms with Crippen LogP contribution in [0.5, 0.6) is 0 Å². The van der Waals surface area contributed by atoms with Crippen LogP contribution < -0.4 is 5.32 Å². The fraction of sp³-hybridized carbons (Fsp3) is 0.292. The summed E-state index contributed by atoms with van der Waals surface area (Å²) in [6, 6.07) is 3.65. The number of likely N-dealkylation sites (N-methyl/N-ethyl adjacent to an activating group) is 1. The Balaban J connectivity index is 0.000000420. The van der Waals surface area contributed by atoms with Crippen molar-refractivity contribution in [2.75, 3.05) is 32.1 Å². The van der Waals surface area contributed by atoms with Crippen molar-refractivity contribution in [3.63, 3.8) is 0 Å². The molecule has 2 rings (SSSR count). The molecule has 0 aliphatic carbocycles. The van der Waals surface area contributed by atoms with Crippen LogP contribution in [0.25, 0.3) is 11.3 Å². The largest absolute Gasteiger partial charge is 0.463 e. The van der Waals surface area contributed by atoms with Crippen LogP contribution in [-0.2, 0) is 14.3 Å². The normalized spacial score (nSPS) is 11.2. The fourth-order valence-electron chi connectivity index (χ4n) is 2.70. The molecule has 0 aliphatic heterocycles. The van der Waals surface area contributed by atoms with Crippen molar-refractivity contribution in [3.8, 4) is 11.3 Å². The number of anilines is 1. The molecule has 6 nitrogen and oxygen atoms in total. The minimum Gasteiger partial charge on any atom is -0.463 e. The Hall–Kier alpha value is -3.17. The van der Waals surface area contributed by atoms with Gasteiger partial charge < -0.3 is 10.1 Å². The lowest BCUT2D eigenvalue weighted by atomic mass is 10.1. The zero-order valence-electron chi connectivity index (χ0n) is 19.0. The second kappa shape index (κ2) is 15.6. The quantitative estimate of drug-likeness (QED) is 0.355. The molecule has 0 aliphatic rings. The van der Waals surface area contributed by atoms with E-state index in [0.717, 1.165) is 29.9 Å². The smallest absolute Gasteiger partial charge is 0.293 e. The van der Waals surface area contributed by atoms with Gasteiger partial charge >= 0.3 is 0 Å². The van der Waals surface area contributed by atoms with Gasteiger partial charge in [-0.25, -0.2) is 13.8 Å². The third-order valence-electron chi connectivity index (χ3n) is 4.02. The standard InChI is InChI=1S/C15H17F2N3OS.C9H12O2/c1-3-7-20(2)8-13(21)19-15-18-12(9-22-15)14-10(16)5-4-6-11(14)17;1-3-5-9(6-4-2)7-11-8-10/h4-6,9H,3,7-8H2,1-2H3,(H,18,19,21);3-6,8H,1,7H2,2H3/b;6-4-,9-5+. The summed E-state index contributed by atoms with van der Waals surface area (Å²) in [6.07, 6.45) is 8.15. The second-order valence-electron chi connectivity index (χ2n) is 6.81. The number of thiazole rings is 1. The van der Waals surface area contributed by atoms with Gasteiger partial charge in [0.15, 0.2) is 5.13 Å². The Morgan fingerprint density at radius 1 is 1.33 bits per heavy atom. The van der Waals surface area contributed by atoms with E-state index in [4.69, 9.17) is 0 Å². The first-order valence-corrected chi connectivity index (χ1v) is 11.1. The molecule has 1 heterocycles. The van der Waals surface area contributed by atoms with Crippen LogP contribution in [0.1, 0.15) is 20.3 Å². The first kappa shape index (κ1) is 27.9. The number of hydrogen-bond donors (Lipinski definition) is 1. The number of carbonyl (C=O) groups excluding carboxylic acids is 2. The molecule has 9 heteroatoms. The van der Waals surface area contributed by atoms with Gasteiger partial charge in [-0.1, -0.05) is 43.9 Å². The van der Waals surface area contributed by atoms with Crippen LogP contribution in [0, 0.1) is 11.6 Å². The van der Waals surface area contributed by atoms with E-state index in [2.05, 4.69) is 21.6 Å². The monoisotopic (exact) mass is 477 g/mol.